The van der Waals surface area contributed by atoms with Crippen molar-refractivity contribution in [2.45, 2.75) is 18.8 Å². The van der Waals surface area contributed by atoms with Gasteiger partial charge < -0.3 is 9.32 Å². The fourth-order valence-corrected chi connectivity index (χ4v) is 4.76. The van der Waals surface area contributed by atoms with Gasteiger partial charge in [-0.1, -0.05) is 30.3 Å². The van der Waals surface area contributed by atoms with Crippen LogP contribution in [0.25, 0.3) is 21.2 Å². The van der Waals surface area contributed by atoms with Gasteiger partial charge in [-0.2, -0.15) is 0 Å². The van der Waals surface area contributed by atoms with Crippen LogP contribution in [0.1, 0.15) is 34.3 Å². The molecule has 5 rings (SSSR count). The number of benzene rings is 2. The number of carbonyl (C=O) groups excluding carboxylic acids is 1. The number of para-hydroxylation sites is 2. The predicted octanol–water partition coefficient (Wildman–Crippen LogP) is 5.06. The number of rotatable bonds is 2. The van der Waals surface area contributed by atoms with Crippen LogP contribution in [0.15, 0.2) is 59.0 Å². The largest absolute Gasteiger partial charge is 0.451 e. The fourth-order valence-electron chi connectivity index (χ4n) is 3.67. The van der Waals surface area contributed by atoms with E-state index >= 15 is 0 Å². The summed E-state index contributed by atoms with van der Waals surface area (Å²) in [5, 5.41) is 2.10. The molecule has 4 aromatic rings. The van der Waals surface area contributed by atoms with E-state index in [1.165, 1.54) is 4.70 Å². The van der Waals surface area contributed by atoms with Gasteiger partial charge in [0.05, 0.1) is 15.2 Å². The number of carbonyl (C=O) groups is 1. The van der Waals surface area contributed by atoms with E-state index in [9.17, 15) is 4.79 Å². The highest BCUT2D eigenvalue weighted by molar-refractivity contribution is 7.18. The first-order chi connectivity index (χ1) is 12.8. The topological polar surface area (TPSA) is 46.3 Å². The first kappa shape index (κ1) is 15.6. The zero-order valence-corrected chi connectivity index (χ0v) is 15.0. The van der Waals surface area contributed by atoms with Crippen LogP contribution in [0.3, 0.4) is 0 Å². The van der Waals surface area contributed by atoms with E-state index in [0.717, 1.165) is 40.9 Å². The molecule has 0 N–H and O–H groups in total. The van der Waals surface area contributed by atoms with Crippen LogP contribution < -0.4 is 0 Å². The maximum Gasteiger partial charge on any atom is 0.289 e. The Kier molecular flexibility index (Phi) is 3.75. The van der Waals surface area contributed by atoms with Gasteiger partial charge in [-0.25, -0.2) is 4.98 Å². The Balaban J connectivity index is 1.40. The molecule has 1 amide bonds. The normalized spacial score (nSPS) is 17.8. The molecule has 0 radical (unpaired) electrons. The maximum absolute atomic E-state index is 12.9. The number of fused-ring (bicyclic) bond motifs is 2. The van der Waals surface area contributed by atoms with Crippen molar-refractivity contribution in [3.05, 3.63) is 65.4 Å². The van der Waals surface area contributed by atoms with Gasteiger partial charge in [0.15, 0.2) is 5.76 Å². The summed E-state index contributed by atoms with van der Waals surface area (Å²) in [6, 6.07) is 17.8. The molecule has 3 heterocycles. The summed E-state index contributed by atoms with van der Waals surface area (Å²) in [6.45, 7) is 1.48. The van der Waals surface area contributed by atoms with Crippen LogP contribution in [-0.2, 0) is 0 Å². The lowest BCUT2D eigenvalue weighted by Gasteiger charge is -2.31. The van der Waals surface area contributed by atoms with Crippen LogP contribution in [0, 0.1) is 0 Å². The molecule has 4 nitrogen and oxygen atoms in total. The number of hydrogen-bond donors (Lipinski definition) is 0. The molecule has 2 aromatic carbocycles. The van der Waals surface area contributed by atoms with Crippen LogP contribution in [-0.4, -0.2) is 28.9 Å². The van der Waals surface area contributed by atoms with E-state index in [0.29, 0.717) is 18.2 Å². The number of thiazole rings is 1. The average molecular weight is 362 g/mol. The summed E-state index contributed by atoms with van der Waals surface area (Å²) in [5.41, 5.74) is 1.81. The van der Waals surface area contributed by atoms with Gasteiger partial charge >= 0.3 is 0 Å². The third-order valence-corrected chi connectivity index (χ3v) is 6.20. The molecule has 130 valence electrons. The first-order valence-electron chi connectivity index (χ1n) is 8.91. The van der Waals surface area contributed by atoms with Crippen molar-refractivity contribution in [1.29, 1.82) is 0 Å². The third-order valence-electron chi connectivity index (χ3n) is 5.00. The second-order valence-electron chi connectivity index (χ2n) is 6.76. The third kappa shape index (κ3) is 2.69. The summed E-state index contributed by atoms with van der Waals surface area (Å²) in [5.74, 6) is 0.706. The van der Waals surface area contributed by atoms with Crippen LogP contribution in [0.2, 0.25) is 0 Å². The van der Waals surface area contributed by atoms with Gasteiger partial charge in [0.1, 0.15) is 5.58 Å². The van der Waals surface area contributed by atoms with Gasteiger partial charge in [-0.05, 0) is 37.1 Å². The maximum atomic E-state index is 12.9. The molecule has 0 bridgehead atoms. The van der Waals surface area contributed by atoms with Crippen molar-refractivity contribution in [2.24, 2.45) is 0 Å². The minimum Gasteiger partial charge on any atom is -0.451 e. The van der Waals surface area contributed by atoms with Crippen molar-refractivity contribution < 1.29 is 9.21 Å². The molecule has 0 aliphatic carbocycles. The average Bonchev–Trinajstić information content (AvgIpc) is 3.31. The summed E-state index contributed by atoms with van der Waals surface area (Å²) in [7, 11) is 0. The Bertz CT molecular complexity index is 1030. The highest BCUT2D eigenvalue weighted by Gasteiger charge is 2.29. The summed E-state index contributed by atoms with van der Waals surface area (Å²) in [4.78, 5) is 19.6. The Labute approximate surface area is 155 Å². The molecule has 5 heteroatoms. The summed E-state index contributed by atoms with van der Waals surface area (Å²) < 4.78 is 6.98. The van der Waals surface area contributed by atoms with Gasteiger partial charge in [0.2, 0.25) is 0 Å². The Morgan fingerprint density at radius 1 is 1.15 bits per heavy atom. The number of hydrogen-bond acceptors (Lipinski definition) is 4. The van der Waals surface area contributed by atoms with Gasteiger partial charge in [0, 0.05) is 24.4 Å². The molecule has 26 heavy (non-hydrogen) atoms. The molecular formula is C21H18N2O2S. The van der Waals surface area contributed by atoms with E-state index in [1.807, 2.05) is 47.4 Å². The first-order valence-corrected chi connectivity index (χ1v) is 9.73. The van der Waals surface area contributed by atoms with Crippen molar-refractivity contribution in [1.82, 2.24) is 9.88 Å². The number of likely N-dealkylation sites (tertiary alicyclic amines) is 1. The minimum absolute atomic E-state index is 0.0213. The van der Waals surface area contributed by atoms with Crippen LogP contribution in [0.5, 0.6) is 0 Å². The SMILES string of the molecule is O=C(c1cc2ccccc2o1)N1CCCC(c2nc3ccccc3s2)C1. The fraction of sp³-hybridized carbons (Fsp3) is 0.238. The second-order valence-corrected chi connectivity index (χ2v) is 7.82. The smallest absolute Gasteiger partial charge is 0.289 e. The standard InChI is InChI=1S/C21H18N2O2S/c24-21(18-12-14-6-1-3-9-17(14)25-18)23-11-5-7-15(13-23)20-22-16-8-2-4-10-19(16)26-20/h1-4,6,8-10,12,15H,5,7,11,13H2. The molecule has 1 saturated heterocycles. The van der Waals surface area contributed by atoms with Crippen molar-refractivity contribution in [2.75, 3.05) is 13.1 Å². The van der Waals surface area contributed by atoms with Crippen molar-refractivity contribution in [3.63, 3.8) is 0 Å². The van der Waals surface area contributed by atoms with Crippen LogP contribution >= 0.6 is 11.3 Å². The molecular weight excluding hydrogens is 344 g/mol. The zero-order chi connectivity index (χ0) is 17.5. The van der Waals surface area contributed by atoms with Crippen molar-refractivity contribution >= 4 is 38.4 Å². The van der Waals surface area contributed by atoms with E-state index in [-0.39, 0.29) is 5.91 Å². The van der Waals surface area contributed by atoms with E-state index in [1.54, 1.807) is 11.3 Å². The lowest BCUT2D eigenvalue weighted by Crippen LogP contribution is -2.38. The number of amides is 1. The molecule has 0 saturated carbocycles. The molecule has 2 aromatic heterocycles. The minimum atomic E-state index is -0.0213. The number of aromatic nitrogens is 1. The Morgan fingerprint density at radius 3 is 2.88 bits per heavy atom. The molecule has 0 spiro atoms. The molecule has 1 atom stereocenters. The van der Waals surface area contributed by atoms with E-state index in [2.05, 4.69) is 12.1 Å². The molecule has 1 aliphatic heterocycles. The number of nitrogens with zero attached hydrogens (tertiary/aromatic N) is 2. The quantitative estimate of drug-likeness (QED) is 0.500. The summed E-state index contributed by atoms with van der Waals surface area (Å²) in [6.07, 6.45) is 2.07. The summed E-state index contributed by atoms with van der Waals surface area (Å²) >= 11 is 1.74. The zero-order valence-electron chi connectivity index (χ0n) is 14.2. The Hall–Kier alpha value is -2.66. The molecule has 1 fully saturated rings. The number of furan rings is 1. The predicted molar refractivity (Wildman–Crippen MR) is 104 cm³/mol. The Morgan fingerprint density at radius 2 is 2.00 bits per heavy atom. The number of piperidine rings is 1. The molecule has 1 aliphatic rings. The van der Waals surface area contributed by atoms with Gasteiger partial charge in [-0.3, -0.25) is 4.79 Å². The lowest BCUT2D eigenvalue weighted by molar-refractivity contribution is 0.0677. The van der Waals surface area contributed by atoms with Gasteiger partial charge in [-0.15, -0.1) is 11.3 Å². The lowest BCUT2D eigenvalue weighted by atomic mass is 9.98. The van der Waals surface area contributed by atoms with E-state index in [4.69, 9.17) is 9.40 Å². The van der Waals surface area contributed by atoms with Gasteiger partial charge in [0.25, 0.3) is 5.91 Å². The monoisotopic (exact) mass is 362 g/mol. The highest BCUT2D eigenvalue weighted by Crippen LogP contribution is 2.33. The highest BCUT2D eigenvalue weighted by atomic mass is 32.1. The van der Waals surface area contributed by atoms with E-state index < -0.39 is 0 Å². The molecule has 1 unspecified atom stereocenters. The second kappa shape index (κ2) is 6.25. The van der Waals surface area contributed by atoms with Crippen molar-refractivity contribution in [3.8, 4) is 0 Å². The van der Waals surface area contributed by atoms with Crippen LogP contribution in [0.4, 0.5) is 0 Å².